The molecule has 0 spiro atoms. The van der Waals surface area contributed by atoms with Crippen LogP contribution in [0, 0.1) is 16.7 Å². The maximum Gasteiger partial charge on any atom is 0.172 e. The van der Waals surface area contributed by atoms with E-state index in [9.17, 15) is 4.79 Å². The van der Waals surface area contributed by atoms with Gasteiger partial charge in [-0.3, -0.25) is 9.78 Å². The maximum atomic E-state index is 12.4. The van der Waals surface area contributed by atoms with E-state index in [2.05, 4.69) is 11.1 Å². The van der Waals surface area contributed by atoms with E-state index in [0.717, 1.165) is 5.56 Å². The van der Waals surface area contributed by atoms with Gasteiger partial charge in [0.1, 0.15) is 0 Å². The molecule has 1 unspecified atom stereocenters. The van der Waals surface area contributed by atoms with Gasteiger partial charge in [-0.2, -0.15) is 5.26 Å². The van der Waals surface area contributed by atoms with Crippen molar-refractivity contribution >= 4 is 5.78 Å². The topological polar surface area (TPSA) is 63.0 Å². The molecule has 17 heavy (non-hydrogen) atoms. The molecule has 4 heteroatoms. The lowest BCUT2D eigenvalue weighted by molar-refractivity contribution is 0.0740. The Balaban J connectivity index is 2.33. The first kappa shape index (κ1) is 11.7. The molecule has 0 saturated heterocycles. The summed E-state index contributed by atoms with van der Waals surface area (Å²) in [4.78, 5) is 16.3. The van der Waals surface area contributed by atoms with Gasteiger partial charge in [0.15, 0.2) is 5.78 Å². The molecular weight excluding hydrogens is 216 g/mol. The molecule has 1 heterocycles. The highest BCUT2D eigenvalue weighted by Gasteiger charge is 2.45. The SMILES string of the molecule is COCCC1(CC#N)Cc2ccncc2C1=O. The number of ether oxygens (including phenoxy) is 1. The minimum absolute atomic E-state index is 0.0409. The summed E-state index contributed by atoms with van der Waals surface area (Å²) in [5.74, 6) is 0.0409. The van der Waals surface area contributed by atoms with Crippen molar-refractivity contribution < 1.29 is 9.53 Å². The molecule has 0 aromatic carbocycles. The smallest absolute Gasteiger partial charge is 0.172 e. The summed E-state index contributed by atoms with van der Waals surface area (Å²) < 4.78 is 5.05. The Labute approximate surface area is 100 Å². The standard InChI is InChI=1S/C13H14N2O2/c1-17-7-4-13(3-5-14)8-10-2-6-15-9-11(10)12(13)16/h2,6,9H,3-4,7-8H2,1H3. The van der Waals surface area contributed by atoms with Crippen LogP contribution in [0.15, 0.2) is 18.5 Å². The van der Waals surface area contributed by atoms with Crippen molar-refractivity contribution in [3.63, 3.8) is 0 Å². The van der Waals surface area contributed by atoms with Crippen LogP contribution in [0.5, 0.6) is 0 Å². The number of Topliss-reactive ketones (excluding diaryl/α,β-unsaturated/α-hetero) is 1. The summed E-state index contributed by atoms with van der Waals surface area (Å²) in [6.45, 7) is 0.495. The zero-order valence-electron chi connectivity index (χ0n) is 9.77. The number of pyridine rings is 1. The molecule has 1 aromatic heterocycles. The van der Waals surface area contributed by atoms with Gasteiger partial charge in [0.2, 0.25) is 0 Å². The fraction of sp³-hybridized carbons (Fsp3) is 0.462. The Hall–Kier alpha value is -1.73. The second kappa shape index (κ2) is 4.64. The summed E-state index contributed by atoms with van der Waals surface area (Å²) in [6, 6.07) is 3.99. The van der Waals surface area contributed by atoms with E-state index in [1.165, 1.54) is 0 Å². The van der Waals surface area contributed by atoms with E-state index in [1.807, 2.05) is 6.07 Å². The van der Waals surface area contributed by atoms with Gasteiger partial charge in [-0.05, 0) is 24.5 Å². The second-order valence-corrected chi connectivity index (χ2v) is 4.40. The number of carbonyl (C=O) groups is 1. The molecule has 1 aliphatic carbocycles. The van der Waals surface area contributed by atoms with Crippen LogP contribution < -0.4 is 0 Å². The van der Waals surface area contributed by atoms with Crippen molar-refractivity contribution in [3.8, 4) is 6.07 Å². The Kier molecular flexibility index (Phi) is 3.21. The lowest BCUT2D eigenvalue weighted by Crippen LogP contribution is -2.29. The molecule has 0 saturated carbocycles. The Bertz CT molecular complexity index is 479. The van der Waals surface area contributed by atoms with Crippen LogP contribution in [0.2, 0.25) is 0 Å². The van der Waals surface area contributed by atoms with Crippen molar-refractivity contribution in [2.75, 3.05) is 13.7 Å². The van der Waals surface area contributed by atoms with Crippen LogP contribution in [0.3, 0.4) is 0 Å². The van der Waals surface area contributed by atoms with Crippen molar-refractivity contribution in [2.24, 2.45) is 5.41 Å². The molecule has 4 nitrogen and oxygen atoms in total. The van der Waals surface area contributed by atoms with Crippen molar-refractivity contribution in [2.45, 2.75) is 19.3 Å². The predicted octanol–water partition coefficient (Wildman–Crippen LogP) is 1.76. The largest absolute Gasteiger partial charge is 0.385 e. The summed E-state index contributed by atoms with van der Waals surface area (Å²) in [5.41, 5.74) is 1.06. The molecule has 0 aliphatic heterocycles. The average molecular weight is 230 g/mol. The number of aromatic nitrogens is 1. The molecule has 0 radical (unpaired) electrons. The third-order valence-electron chi connectivity index (χ3n) is 3.37. The number of methoxy groups -OCH3 is 1. The van der Waals surface area contributed by atoms with E-state index in [4.69, 9.17) is 10.00 Å². The molecule has 1 aromatic rings. The molecule has 88 valence electrons. The molecule has 2 rings (SSSR count). The highest BCUT2D eigenvalue weighted by Crippen LogP contribution is 2.41. The monoisotopic (exact) mass is 230 g/mol. The van der Waals surface area contributed by atoms with Crippen molar-refractivity contribution in [3.05, 3.63) is 29.6 Å². The number of fused-ring (bicyclic) bond motifs is 1. The van der Waals surface area contributed by atoms with Crippen LogP contribution in [0.4, 0.5) is 0 Å². The van der Waals surface area contributed by atoms with Gasteiger partial charge in [0, 0.05) is 38.1 Å². The Morgan fingerprint density at radius 1 is 1.65 bits per heavy atom. The lowest BCUT2D eigenvalue weighted by atomic mass is 9.78. The minimum atomic E-state index is -0.601. The fourth-order valence-corrected chi connectivity index (χ4v) is 2.39. The Morgan fingerprint density at radius 2 is 2.47 bits per heavy atom. The van der Waals surface area contributed by atoms with Gasteiger partial charge in [0.05, 0.1) is 11.5 Å². The normalized spacial score (nSPS) is 22.2. The van der Waals surface area contributed by atoms with Gasteiger partial charge >= 0.3 is 0 Å². The average Bonchev–Trinajstić information content (AvgIpc) is 2.62. The van der Waals surface area contributed by atoms with Crippen LogP contribution >= 0.6 is 0 Å². The lowest BCUT2D eigenvalue weighted by Gasteiger charge is -2.23. The first-order valence-corrected chi connectivity index (χ1v) is 5.57. The van der Waals surface area contributed by atoms with Crippen LogP contribution in [-0.4, -0.2) is 24.5 Å². The zero-order chi connectivity index (χ0) is 12.3. The zero-order valence-corrected chi connectivity index (χ0v) is 9.77. The van der Waals surface area contributed by atoms with E-state index in [0.29, 0.717) is 25.0 Å². The summed E-state index contributed by atoms with van der Waals surface area (Å²) in [6.07, 6.45) is 4.74. The molecular formula is C13H14N2O2. The van der Waals surface area contributed by atoms with Gasteiger partial charge in [-0.15, -0.1) is 0 Å². The first-order valence-electron chi connectivity index (χ1n) is 5.57. The first-order chi connectivity index (χ1) is 8.23. The fourth-order valence-electron chi connectivity index (χ4n) is 2.39. The maximum absolute atomic E-state index is 12.4. The highest BCUT2D eigenvalue weighted by molar-refractivity contribution is 6.04. The number of ketones is 1. The van der Waals surface area contributed by atoms with Crippen molar-refractivity contribution in [1.29, 1.82) is 5.26 Å². The van der Waals surface area contributed by atoms with E-state index >= 15 is 0 Å². The van der Waals surface area contributed by atoms with Crippen LogP contribution in [-0.2, 0) is 11.2 Å². The molecule has 0 fully saturated rings. The van der Waals surface area contributed by atoms with Crippen LogP contribution in [0.1, 0.15) is 28.8 Å². The van der Waals surface area contributed by atoms with Gasteiger partial charge < -0.3 is 4.74 Å². The quantitative estimate of drug-likeness (QED) is 0.790. The summed E-state index contributed by atoms with van der Waals surface area (Å²) >= 11 is 0. The molecule has 1 aliphatic rings. The number of rotatable bonds is 4. The Morgan fingerprint density at radius 3 is 3.12 bits per heavy atom. The summed E-state index contributed by atoms with van der Waals surface area (Å²) in [5, 5.41) is 8.93. The number of hydrogen-bond donors (Lipinski definition) is 0. The number of nitriles is 1. The number of carbonyl (C=O) groups excluding carboxylic acids is 1. The predicted molar refractivity (Wildman–Crippen MR) is 61.4 cm³/mol. The third kappa shape index (κ3) is 1.94. The van der Waals surface area contributed by atoms with Gasteiger partial charge in [0.25, 0.3) is 0 Å². The highest BCUT2D eigenvalue weighted by atomic mass is 16.5. The van der Waals surface area contributed by atoms with E-state index in [1.54, 1.807) is 19.5 Å². The van der Waals surface area contributed by atoms with Crippen LogP contribution in [0.25, 0.3) is 0 Å². The van der Waals surface area contributed by atoms with Gasteiger partial charge in [-0.1, -0.05) is 0 Å². The molecule has 0 bridgehead atoms. The van der Waals surface area contributed by atoms with Crippen molar-refractivity contribution in [1.82, 2.24) is 4.98 Å². The third-order valence-corrected chi connectivity index (χ3v) is 3.37. The molecule has 0 amide bonds. The van der Waals surface area contributed by atoms with E-state index < -0.39 is 5.41 Å². The second-order valence-electron chi connectivity index (χ2n) is 4.40. The summed E-state index contributed by atoms with van der Waals surface area (Å²) in [7, 11) is 1.61. The molecule has 1 atom stereocenters. The number of nitrogens with zero attached hydrogens (tertiary/aromatic N) is 2. The number of hydrogen-bond acceptors (Lipinski definition) is 4. The minimum Gasteiger partial charge on any atom is -0.385 e. The van der Waals surface area contributed by atoms with E-state index in [-0.39, 0.29) is 12.2 Å². The molecule has 0 N–H and O–H groups in total. The van der Waals surface area contributed by atoms with Gasteiger partial charge in [-0.25, -0.2) is 0 Å².